The normalized spacial score (nSPS) is 12.9. The molecule has 112 valence electrons. The number of hydrogen-bond donors (Lipinski definition) is 0. The zero-order chi connectivity index (χ0) is 15.7. The number of anilines is 1. The van der Waals surface area contributed by atoms with Gasteiger partial charge in [0.2, 0.25) is 15.9 Å². The van der Waals surface area contributed by atoms with Gasteiger partial charge in [-0.15, -0.1) is 0 Å². The van der Waals surface area contributed by atoms with E-state index in [1.54, 1.807) is 33.2 Å². The van der Waals surface area contributed by atoms with Crippen LogP contribution in [0.25, 0.3) is 0 Å². The van der Waals surface area contributed by atoms with Gasteiger partial charge in [-0.3, -0.25) is 9.10 Å². The van der Waals surface area contributed by atoms with E-state index in [-0.39, 0.29) is 5.91 Å². The van der Waals surface area contributed by atoms with Crippen LogP contribution < -0.4 is 4.31 Å². The molecule has 0 aliphatic heterocycles. The van der Waals surface area contributed by atoms with E-state index >= 15 is 0 Å². The Balaban J connectivity index is 3.34. The van der Waals surface area contributed by atoms with Crippen LogP contribution in [0.3, 0.4) is 0 Å². The molecule has 0 saturated heterocycles. The van der Waals surface area contributed by atoms with Crippen molar-refractivity contribution in [1.29, 1.82) is 0 Å². The van der Waals surface area contributed by atoms with Crippen molar-refractivity contribution in [1.82, 2.24) is 4.90 Å². The fourth-order valence-corrected chi connectivity index (χ4v) is 3.20. The van der Waals surface area contributed by atoms with E-state index in [0.29, 0.717) is 5.69 Å². The maximum Gasteiger partial charge on any atom is 0.245 e. The quantitative estimate of drug-likeness (QED) is 0.847. The molecule has 1 unspecified atom stereocenters. The number of likely N-dealkylation sites (N-methyl/N-ethyl adjacent to an activating group) is 1. The lowest BCUT2D eigenvalue weighted by atomic mass is 10.1. The van der Waals surface area contributed by atoms with Gasteiger partial charge in [-0.25, -0.2) is 8.42 Å². The molecule has 1 aromatic carbocycles. The molecule has 0 saturated carbocycles. The highest BCUT2D eigenvalue weighted by Gasteiger charge is 2.30. The highest BCUT2D eigenvalue weighted by molar-refractivity contribution is 7.92. The van der Waals surface area contributed by atoms with E-state index in [9.17, 15) is 13.2 Å². The number of nitrogens with zero attached hydrogens (tertiary/aromatic N) is 2. The van der Waals surface area contributed by atoms with Crippen molar-refractivity contribution in [3.8, 4) is 0 Å². The SMILES string of the molecule is Cc1ccc(N(C(C)C(=O)N(C)C)S(C)(=O)=O)cc1C. The van der Waals surface area contributed by atoms with Crippen LogP contribution in [0.5, 0.6) is 0 Å². The van der Waals surface area contributed by atoms with Crippen LogP contribution in [0.2, 0.25) is 0 Å². The molecule has 0 radical (unpaired) electrons. The zero-order valence-electron chi connectivity index (χ0n) is 12.8. The Morgan fingerprint density at radius 1 is 1.15 bits per heavy atom. The number of carbonyl (C=O) groups is 1. The minimum atomic E-state index is -3.54. The summed E-state index contributed by atoms with van der Waals surface area (Å²) in [6.07, 6.45) is 1.11. The second kappa shape index (κ2) is 5.83. The van der Waals surface area contributed by atoms with Gasteiger partial charge in [0.05, 0.1) is 11.9 Å². The zero-order valence-corrected chi connectivity index (χ0v) is 13.7. The lowest BCUT2D eigenvalue weighted by Gasteiger charge is -2.30. The average molecular weight is 298 g/mol. The van der Waals surface area contributed by atoms with Gasteiger partial charge < -0.3 is 4.90 Å². The van der Waals surface area contributed by atoms with Crippen molar-refractivity contribution in [3.63, 3.8) is 0 Å². The Labute approximate surface area is 121 Å². The van der Waals surface area contributed by atoms with Crippen LogP contribution in [0, 0.1) is 13.8 Å². The summed E-state index contributed by atoms with van der Waals surface area (Å²) in [6.45, 7) is 5.47. The summed E-state index contributed by atoms with van der Waals surface area (Å²) in [7, 11) is -0.318. The number of benzene rings is 1. The van der Waals surface area contributed by atoms with E-state index in [0.717, 1.165) is 17.4 Å². The molecule has 0 aromatic heterocycles. The van der Waals surface area contributed by atoms with E-state index < -0.39 is 16.1 Å². The standard InChI is InChI=1S/C14H22N2O3S/c1-10-7-8-13(9-11(10)2)16(20(6,18)19)12(3)14(17)15(4)5/h7-9,12H,1-6H3. The Morgan fingerprint density at radius 3 is 2.10 bits per heavy atom. The van der Waals surface area contributed by atoms with Gasteiger partial charge in [0.1, 0.15) is 6.04 Å². The number of amides is 1. The van der Waals surface area contributed by atoms with Crippen LogP contribution in [0.1, 0.15) is 18.1 Å². The summed E-state index contributed by atoms with van der Waals surface area (Å²) in [4.78, 5) is 13.5. The van der Waals surface area contributed by atoms with E-state index in [4.69, 9.17) is 0 Å². The van der Waals surface area contributed by atoms with Gasteiger partial charge in [-0.05, 0) is 44.0 Å². The van der Waals surface area contributed by atoms with E-state index in [2.05, 4.69) is 0 Å². The fraction of sp³-hybridized carbons (Fsp3) is 0.500. The summed E-state index contributed by atoms with van der Waals surface area (Å²) in [6, 6.07) is 4.59. The molecule has 0 aliphatic carbocycles. The monoisotopic (exact) mass is 298 g/mol. The Morgan fingerprint density at radius 2 is 1.70 bits per heavy atom. The summed E-state index contributed by atoms with van der Waals surface area (Å²) in [5, 5.41) is 0. The maximum atomic E-state index is 12.1. The van der Waals surface area contributed by atoms with Crippen LogP contribution in [0.4, 0.5) is 5.69 Å². The number of hydrogen-bond acceptors (Lipinski definition) is 3. The van der Waals surface area contributed by atoms with Gasteiger partial charge >= 0.3 is 0 Å². The first-order valence-electron chi connectivity index (χ1n) is 6.33. The van der Waals surface area contributed by atoms with Gasteiger partial charge in [0.25, 0.3) is 0 Å². The largest absolute Gasteiger partial charge is 0.347 e. The molecule has 0 aliphatic rings. The first kappa shape index (κ1) is 16.5. The molecule has 1 atom stereocenters. The lowest BCUT2D eigenvalue weighted by molar-refractivity contribution is -0.129. The van der Waals surface area contributed by atoms with Crippen molar-refractivity contribution >= 4 is 21.6 Å². The third-order valence-electron chi connectivity index (χ3n) is 3.25. The van der Waals surface area contributed by atoms with Gasteiger partial charge in [0, 0.05) is 14.1 Å². The Hall–Kier alpha value is -1.56. The van der Waals surface area contributed by atoms with Gasteiger partial charge in [-0.2, -0.15) is 0 Å². The number of sulfonamides is 1. The summed E-state index contributed by atoms with van der Waals surface area (Å²) in [5.41, 5.74) is 2.58. The predicted octanol–water partition coefficient (Wildman–Crippen LogP) is 1.55. The predicted molar refractivity (Wildman–Crippen MR) is 81.4 cm³/mol. The molecule has 5 nitrogen and oxygen atoms in total. The third-order valence-corrected chi connectivity index (χ3v) is 4.49. The van der Waals surface area contributed by atoms with Crippen LogP contribution in [-0.4, -0.2) is 45.6 Å². The van der Waals surface area contributed by atoms with Crippen molar-refractivity contribution in [3.05, 3.63) is 29.3 Å². The van der Waals surface area contributed by atoms with E-state index in [1.807, 2.05) is 19.9 Å². The summed E-state index contributed by atoms with van der Waals surface area (Å²) < 4.78 is 25.3. The van der Waals surface area contributed by atoms with Gasteiger partial charge in [-0.1, -0.05) is 6.07 Å². The van der Waals surface area contributed by atoms with Gasteiger partial charge in [0.15, 0.2) is 0 Å². The molecule has 0 fully saturated rings. The number of rotatable bonds is 4. The highest BCUT2D eigenvalue weighted by atomic mass is 32.2. The van der Waals surface area contributed by atoms with Crippen LogP contribution in [0.15, 0.2) is 18.2 Å². The Kier molecular flexibility index (Phi) is 4.81. The van der Waals surface area contributed by atoms with Crippen molar-refractivity contribution in [2.45, 2.75) is 26.8 Å². The second-order valence-corrected chi connectivity index (χ2v) is 7.10. The highest BCUT2D eigenvalue weighted by Crippen LogP contribution is 2.24. The summed E-state index contributed by atoms with van der Waals surface area (Å²) >= 11 is 0. The summed E-state index contributed by atoms with van der Waals surface area (Å²) in [5.74, 6) is -0.256. The number of aryl methyl sites for hydroxylation is 2. The molecule has 0 N–H and O–H groups in total. The first-order valence-corrected chi connectivity index (χ1v) is 8.18. The molecule has 1 aromatic rings. The molecule has 0 spiro atoms. The first-order chi connectivity index (χ1) is 9.05. The number of carbonyl (C=O) groups excluding carboxylic acids is 1. The molecule has 1 amide bonds. The second-order valence-electron chi connectivity index (χ2n) is 5.24. The molecule has 0 heterocycles. The van der Waals surface area contributed by atoms with Crippen LogP contribution in [-0.2, 0) is 14.8 Å². The smallest absolute Gasteiger partial charge is 0.245 e. The molecule has 6 heteroatoms. The topological polar surface area (TPSA) is 57.7 Å². The maximum absolute atomic E-state index is 12.1. The molecular formula is C14H22N2O3S. The fourth-order valence-electron chi connectivity index (χ4n) is 2.04. The molecule has 20 heavy (non-hydrogen) atoms. The molecular weight excluding hydrogens is 276 g/mol. The lowest BCUT2D eigenvalue weighted by Crippen LogP contribution is -2.47. The third kappa shape index (κ3) is 3.50. The van der Waals surface area contributed by atoms with Crippen molar-refractivity contribution < 1.29 is 13.2 Å². The average Bonchev–Trinajstić information content (AvgIpc) is 2.30. The van der Waals surface area contributed by atoms with E-state index in [1.165, 1.54) is 9.21 Å². The minimum Gasteiger partial charge on any atom is -0.347 e. The minimum absolute atomic E-state index is 0.256. The van der Waals surface area contributed by atoms with Crippen LogP contribution >= 0.6 is 0 Å². The Bertz CT molecular complexity index is 609. The van der Waals surface area contributed by atoms with Crippen molar-refractivity contribution in [2.24, 2.45) is 0 Å². The molecule has 0 bridgehead atoms. The molecule has 1 rings (SSSR count). The van der Waals surface area contributed by atoms with Crippen molar-refractivity contribution in [2.75, 3.05) is 24.7 Å².